The summed E-state index contributed by atoms with van der Waals surface area (Å²) in [7, 11) is 9.32. The van der Waals surface area contributed by atoms with E-state index in [1.807, 2.05) is 0 Å². The van der Waals surface area contributed by atoms with Crippen molar-refractivity contribution in [1.82, 2.24) is 24.5 Å². The van der Waals surface area contributed by atoms with E-state index in [1.165, 1.54) is 109 Å². The summed E-state index contributed by atoms with van der Waals surface area (Å²) in [6.45, 7) is 10.1. The number of likely N-dealkylation sites (tertiary alicyclic amines) is 4. The quantitative estimate of drug-likeness (QED) is 0.404. The van der Waals surface area contributed by atoms with Crippen molar-refractivity contribution in [3.05, 3.63) is 48.0 Å². The molecule has 224 valence electrons. The molecule has 4 aliphatic rings. The topological polar surface area (TPSA) is 16.2 Å². The maximum Gasteiger partial charge on any atom is 0.0317 e. The van der Waals surface area contributed by atoms with Crippen molar-refractivity contribution in [3.8, 4) is 0 Å². The van der Waals surface area contributed by atoms with Crippen LogP contribution in [0.5, 0.6) is 0 Å². The smallest absolute Gasteiger partial charge is 0.0317 e. The van der Waals surface area contributed by atoms with Gasteiger partial charge in [-0.2, -0.15) is 0 Å². The molecule has 4 aliphatic heterocycles. The van der Waals surface area contributed by atoms with E-state index in [0.717, 1.165) is 36.3 Å². The molecule has 0 radical (unpaired) electrons. The van der Waals surface area contributed by atoms with Crippen molar-refractivity contribution in [1.29, 1.82) is 0 Å². The Hall–Kier alpha value is -1.24. The summed E-state index contributed by atoms with van der Waals surface area (Å²) in [4.78, 5) is 13.5. The summed E-state index contributed by atoms with van der Waals surface area (Å²) in [6, 6.07) is 13.1. The highest BCUT2D eigenvalue weighted by atomic mass is 15.3. The molecule has 40 heavy (non-hydrogen) atoms. The molecule has 0 bridgehead atoms. The normalized spacial score (nSPS) is 25.9. The van der Waals surface area contributed by atoms with Crippen LogP contribution in [-0.2, 0) is 6.42 Å². The van der Waals surface area contributed by atoms with Crippen LogP contribution in [0.1, 0.15) is 56.9 Å². The molecule has 1 unspecified atom stereocenters. The molecule has 4 saturated heterocycles. The highest BCUT2D eigenvalue weighted by Gasteiger charge is 2.44. The first-order valence-corrected chi connectivity index (χ1v) is 16.7. The molecule has 5 nitrogen and oxygen atoms in total. The fourth-order valence-electron chi connectivity index (χ4n) is 8.52. The van der Waals surface area contributed by atoms with E-state index in [0.29, 0.717) is 6.04 Å². The first kappa shape index (κ1) is 30.2. The minimum absolute atomic E-state index is 0.562. The van der Waals surface area contributed by atoms with E-state index >= 15 is 0 Å². The van der Waals surface area contributed by atoms with Crippen LogP contribution in [-0.4, -0.2) is 123 Å². The van der Waals surface area contributed by atoms with Crippen molar-refractivity contribution in [2.24, 2.45) is 17.8 Å². The third-order valence-electron chi connectivity index (χ3n) is 11.1. The van der Waals surface area contributed by atoms with Gasteiger partial charge in [-0.15, -0.1) is 0 Å². The number of hydrogen-bond donors (Lipinski definition) is 0. The Labute approximate surface area is 246 Å². The number of hydrogen-bond acceptors (Lipinski definition) is 5. The summed E-state index contributed by atoms with van der Waals surface area (Å²) < 4.78 is 0. The van der Waals surface area contributed by atoms with Gasteiger partial charge in [0.1, 0.15) is 0 Å². The van der Waals surface area contributed by atoms with Gasteiger partial charge in [0.05, 0.1) is 0 Å². The Bertz CT molecular complexity index is 780. The Balaban J connectivity index is 1.50. The number of allylic oxidation sites excluding steroid dienone is 1. The number of piperidine rings is 4. The van der Waals surface area contributed by atoms with Gasteiger partial charge in [0.25, 0.3) is 0 Å². The summed E-state index contributed by atoms with van der Waals surface area (Å²) in [5.74, 6) is 2.46. The van der Waals surface area contributed by atoms with Crippen molar-refractivity contribution >= 4 is 0 Å². The molecule has 0 saturated carbocycles. The number of rotatable bonds is 9. The Morgan fingerprint density at radius 1 is 0.625 bits per heavy atom. The van der Waals surface area contributed by atoms with Crippen LogP contribution in [0.2, 0.25) is 0 Å². The van der Waals surface area contributed by atoms with E-state index in [9.17, 15) is 0 Å². The first-order chi connectivity index (χ1) is 19.5. The lowest BCUT2D eigenvalue weighted by atomic mass is 9.68. The zero-order chi connectivity index (χ0) is 27.9. The SMILES string of the molecule is CN1CCC(C(C2CCN(C)CC2)C(C=CCc2ccccc2)N(C2CCN(C)CC2)C2CCN(C)CC2)CC1. The van der Waals surface area contributed by atoms with Gasteiger partial charge in [-0.25, -0.2) is 0 Å². The molecule has 0 spiro atoms. The Kier molecular flexibility index (Phi) is 11.2. The van der Waals surface area contributed by atoms with Crippen molar-refractivity contribution in [2.75, 3.05) is 80.5 Å². The molecular formula is C35H59N5. The van der Waals surface area contributed by atoms with Crippen LogP contribution >= 0.6 is 0 Å². The van der Waals surface area contributed by atoms with Gasteiger partial charge in [0, 0.05) is 18.1 Å². The second kappa shape index (κ2) is 14.8. The fraction of sp³-hybridized carbons (Fsp3) is 0.771. The molecular weight excluding hydrogens is 490 g/mol. The van der Waals surface area contributed by atoms with E-state index < -0.39 is 0 Å². The molecule has 1 aromatic rings. The molecule has 4 fully saturated rings. The number of nitrogens with zero attached hydrogens (tertiary/aromatic N) is 5. The third-order valence-corrected chi connectivity index (χ3v) is 11.1. The van der Waals surface area contributed by atoms with Crippen molar-refractivity contribution in [2.45, 2.75) is 75.9 Å². The molecule has 1 aromatic carbocycles. The van der Waals surface area contributed by atoms with Crippen LogP contribution in [0.3, 0.4) is 0 Å². The average molecular weight is 550 g/mol. The maximum atomic E-state index is 3.17. The molecule has 5 heteroatoms. The van der Waals surface area contributed by atoms with Crippen LogP contribution in [0.15, 0.2) is 42.5 Å². The second-order valence-corrected chi connectivity index (χ2v) is 14.0. The third kappa shape index (κ3) is 7.98. The molecule has 1 atom stereocenters. The van der Waals surface area contributed by atoms with Gasteiger partial charge in [-0.3, -0.25) is 4.90 Å². The average Bonchev–Trinajstić information content (AvgIpc) is 2.97. The van der Waals surface area contributed by atoms with E-state index in [-0.39, 0.29) is 0 Å². The van der Waals surface area contributed by atoms with Crippen LogP contribution in [0, 0.1) is 17.8 Å². The van der Waals surface area contributed by atoms with Gasteiger partial charge in [-0.1, -0.05) is 42.5 Å². The monoisotopic (exact) mass is 549 g/mol. The molecule has 4 heterocycles. The second-order valence-electron chi connectivity index (χ2n) is 14.0. The summed E-state index contributed by atoms with van der Waals surface area (Å²) in [6.07, 6.45) is 17.2. The van der Waals surface area contributed by atoms with Gasteiger partial charge in [-0.05, 0) is 162 Å². The molecule has 0 N–H and O–H groups in total. The fourth-order valence-corrected chi connectivity index (χ4v) is 8.52. The predicted molar refractivity (Wildman–Crippen MR) is 170 cm³/mol. The van der Waals surface area contributed by atoms with Crippen LogP contribution in [0.25, 0.3) is 0 Å². The standard InChI is InChI=1S/C35H59N5/c1-36-21-13-30(14-22-36)35(31-15-23-37(2)24-16-31)34(12-8-11-29-9-6-5-7-10-29)40(32-17-25-38(3)26-18-32)33-19-27-39(4)28-20-33/h5-10,12,30-35H,11,13-28H2,1-4H3. The van der Waals surface area contributed by atoms with E-state index in [1.54, 1.807) is 0 Å². The van der Waals surface area contributed by atoms with Gasteiger partial charge in [0.2, 0.25) is 0 Å². The molecule has 0 aliphatic carbocycles. The zero-order valence-corrected chi connectivity index (χ0v) is 26.3. The Morgan fingerprint density at radius 3 is 1.45 bits per heavy atom. The van der Waals surface area contributed by atoms with Crippen LogP contribution in [0.4, 0.5) is 0 Å². The molecule has 0 aromatic heterocycles. The minimum Gasteiger partial charge on any atom is -0.306 e. The van der Waals surface area contributed by atoms with Gasteiger partial charge >= 0.3 is 0 Å². The highest BCUT2D eigenvalue weighted by molar-refractivity contribution is 5.18. The number of benzene rings is 1. The highest BCUT2D eigenvalue weighted by Crippen LogP contribution is 2.42. The lowest BCUT2D eigenvalue weighted by molar-refractivity contribution is -0.0283. The lowest BCUT2D eigenvalue weighted by Gasteiger charge is -2.53. The van der Waals surface area contributed by atoms with Gasteiger partial charge < -0.3 is 19.6 Å². The summed E-state index contributed by atoms with van der Waals surface area (Å²) in [5, 5.41) is 0. The van der Waals surface area contributed by atoms with Crippen molar-refractivity contribution in [3.63, 3.8) is 0 Å². The zero-order valence-electron chi connectivity index (χ0n) is 26.3. The summed E-state index contributed by atoms with van der Waals surface area (Å²) >= 11 is 0. The van der Waals surface area contributed by atoms with Crippen molar-refractivity contribution < 1.29 is 0 Å². The minimum atomic E-state index is 0.562. The predicted octanol–water partition coefficient (Wildman–Crippen LogP) is 4.94. The van der Waals surface area contributed by atoms with E-state index in [4.69, 9.17) is 0 Å². The first-order valence-electron chi connectivity index (χ1n) is 16.7. The molecule has 0 amide bonds. The van der Waals surface area contributed by atoms with Crippen LogP contribution < -0.4 is 0 Å². The van der Waals surface area contributed by atoms with E-state index in [2.05, 4.69) is 95.2 Å². The van der Waals surface area contributed by atoms with Gasteiger partial charge in [0.15, 0.2) is 0 Å². The lowest BCUT2D eigenvalue weighted by Crippen LogP contribution is -2.59. The maximum absolute atomic E-state index is 3.17. The summed E-state index contributed by atoms with van der Waals surface area (Å²) in [5.41, 5.74) is 1.44. The Morgan fingerprint density at radius 2 is 1.02 bits per heavy atom. The molecule has 5 rings (SSSR count). The largest absolute Gasteiger partial charge is 0.306 e.